The number of nitrogens with one attached hydrogen (secondary N) is 2. The van der Waals surface area contributed by atoms with Crippen LogP contribution >= 0.6 is 0 Å². The number of hydrogen-bond acceptors (Lipinski definition) is 16. The number of fused-ring (bicyclic) bond motifs is 2. The van der Waals surface area contributed by atoms with Crippen LogP contribution in [-0.4, -0.2) is 136 Å². The molecule has 1 fully saturated rings. The molecule has 0 spiro atoms. The van der Waals surface area contributed by atoms with Crippen LogP contribution in [0.5, 0.6) is 17.2 Å². The summed E-state index contributed by atoms with van der Waals surface area (Å²) < 4.78 is 17.7. The van der Waals surface area contributed by atoms with Crippen LogP contribution in [-0.2, 0) is 20.7 Å². The van der Waals surface area contributed by atoms with Crippen molar-refractivity contribution in [3.63, 3.8) is 0 Å². The molecule has 12 N–H and O–H groups in total. The van der Waals surface area contributed by atoms with Crippen molar-refractivity contribution in [3.05, 3.63) is 86.8 Å². The van der Waals surface area contributed by atoms with E-state index in [9.17, 15) is 49.8 Å². The van der Waals surface area contributed by atoms with Crippen LogP contribution in [0.15, 0.2) is 52.8 Å². The molecule has 2 aromatic carbocycles. The van der Waals surface area contributed by atoms with Gasteiger partial charge in [0, 0.05) is 73.1 Å². The maximum absolute atomic E-state index is 14.7. The standard InChI is InChI=1S/C41H50N6O13/c1-5-21-24(58-4)14-25(33-31(21)34(52)22-12-18(2)30(35(53)32(22)36(33)54)23(9-11-48)46-40(43)44-3)59-39-37(55)38(56)41(57,26(17-49)60-39)15-20(19-8-10-45-27(42)13-19)16-47-28(50)6-7-29(47)51/h6-8,12-14,20,23,26,37-39,45,48-49,53,55-57H,5,9-11,15-17,42H2,1-4H3,(H3,43,44,46). The second-order valence-corrected chi connectivity index (χ2v) is 14.9. The van der Waals surface area contributed by atoms with Gasteiger partial charge in [-0.15, -0.1) is 0 Å². The number of dihydropyridines is 1. The first-order chi connectivity index (χ1) is 28.5. The molecule has 3 aliphatic heterocycles. The predicted molar refractivity (Wildman–Crippen MR) is 213 cm³/mol. The summed E-state index contributed by atoms with van der Waals surface area (Å²) in [5, 5.41) is 73.5. The highest BCUT2D eigenvalue weighted by Crippen LogP contribution is 2.47. The minimum absolute atomic E-state index is 0.0103. The maximum atomic E-state index is 14.7. The molecule has 19 nitrogen and oxygen atoms in total. The number of imide groups is 1. The highest BCUT2D eigenvalue weighted by atomic mass is 16.7. The first kappa shape index (κ1) is 43.7. The predicted octanol–water partition coefficient (Wildman–Crippen LogP) is -1.19. The molecule has 3 heterocycles. The first-order valence-electron chi connectivity index (χ1n) is 19.3. The number of ether oxygens (including phenoxy) is 3. The molecule has 7 unspecified atom stereocenters. The zero-order valence-electron chi connectivity index (χ0n) is 33.5. The Labute approximate surface area is 344 Å². The van der Waals surface area contributed by atoms with Crippen molar-refractivity contribution < 1.29 is 64.0 Å². The lowest BCUT2D eigenvalue weighted by Crippen LogP contribution is -2.68. The van der Waals surface area contributed by atoms with Crippen LogP contribution < -0.4 is 31.6 Å². The molecule has 1 saturated heterocycles. The summed E-state index contributed by atoms with van der Waals surface area (Å²) >= 11 is 0. The molecule has 2 aromatic rings. The van der Waals surface area contributed by atoms with E-state index in [4.69, 9.17) is 25.7 Å². The number of ketones is 2. The number of aliphatic hydroxyl groups excluding tert-OH is 4. The smallest absolute Gasteiger partial charge is 0.253 e. The Bertz CT molecular complexity index is 2200. The number of amides is 2. The number of benzene rings is 2. The zero-order chi connectivity index (χ0) is 43.8. The number of phenolic OH excluding ortho intramolecular Hbond substituents is 1. The molecule has 60 heavy (non-hydrogen) atoms. The van der Waals surface area contributed by atoms with E-state index in [0.29, 0.717) is 16.7 Å². The number of aliphatic hydroxyl groups is 5. The Morgan fingerprint density at radius 1 is 1.10 bits per heavy atom. The number of phenols is 1. The number of aliphatic imine (C=N–C) groups is 1. The third kappa shape index (κ3) is 7.70. The molecule has 0 radical (unpaired) electrons. The highest BCUT2D eigenvalue weighted by Gasteiger charge is 2.57. The van der Waals surface area contributed by atoms with Crippen molar-refractivity contribution >= 4 is 29.3 Å². The third-order valence-corrected chi connectivity index (χ3v) is 11.4. The van der Waals surface area contributed by atoms with Crippen molar-refractivity contribution in [1.29, 1.82) is 0 Å². The Morgan fingerprint density at radius 2 is 1.80 bits per heavy atom. The monoisotopic (exact) mass is 834 g/mol. The molecular formula is C41H50N6O13. The Hall–Kier alpha value is -5.83. The van der Waals surface area contributed by atoms with Gasteiger partial charge in [-0.1, -0.05) is 13.0 Å². The van der Waals surface area contributed by atoms with Gasteiger partial charge < -0.3 is 67.0 Å². The summed E-state index contributed by atoms with van der Waals surface area (Å²) in [6.45, 7) is 2.10. The summed E-state index contributed by atoms with van der Waals surface area (Å²) in [4.78, 5) is 59.2. The van der Waals surface area contributed by atoms with Gasteiger partial charge in [0.05, 0.1) is 36.7 Å². The van der Waals surface area contributed by atoms with Crippen molar-refractivity contribution in [3.8, 4) is 17.2 Å². The zero-order valence-corrected chi connectivity index (χ0v) is 33.5. The van der Waals surface area contributed by atoms with Crippen molar-refractivity contribution in [1.82, 2.24) is 15.5 Å². The van der Waals surface area contributed by atoms with Gasteiger partial charge in [0.15, 0.2) is 11.7 Å². The summed E-state index contributed by atoms with van der Waals surface area (Å²) in [5.74, 6) is -4.13. The van der Waals surface area contributed by atoms with Gasteiger partial charge in [-0.05, 0) is 49.5 Å². The van der Waals surface area contributed by atoms with Crippen molar-refractivity contribution in [2.45, 2.75) is 69.4 Å². The third-order valence-electron chi connectivity index (χ3n) is 11.4. The number of carbonyl (C=O) groups is 4. The van der Waals surface area contributed by atoms with E-state index in [1.54, 1.807) is 19.9 Å². The van der Waals surface area contributed by atoms with Gasteiger partial charge in [-0.3, -0.25) is 29.1 Å². The van der Waals surface area contributed by atoms with Crippen LogP contribution in [0.25, 0.3) is 0 Å². The second kappa shape index (κ2) is 17.4. The lowest BCUT2D eigenvalue weighted by Gasteiger charge is -2.49. The van der Waals surface area contributed by atoms with Crippen LogP contribution in [0.4, 0.5) is 0 Å². The molecule has 4 aliphatic rings. The number of aryl methyl sites for hydroxylation is 1. The molecule has 1 aliphatic carbocycles. The summed E-state index contributed by atoms with van der Waals surface area (Å²) in [6, 6.07) is 1.92. The molecule has 0 bridgehead atoms. The van der Waals surface area contributed by atoms with E-state index < -0.39 is 84.3 Å². The maximum Gasteiger partial charge on any atom is 0.253 e. The van der Waals surface area contributed by atoms with Gasteiger partial charge in [-0.2, -0.15) is 0 Å². The van der Waals surface area contributed by atoms with E-state index in [2.05, 4.69) is 15.6 Å². The van der Waals surface area contributed by atoms with E-state index >= 15 is 0 Å². The van der Waals surface area contributed by atoms with Gasteiger partial charge in [-0.25, -0.2) is 0 Å². The largest absolute Gasteiger partial charge is 0.507 e. The quantitative estimate of drug-likeness (QED) is 0.0519. The van der Waals surface area contributed by atoms with Gasteiger partial charge in [0.25, 0.3) is 11.8 Å². The highest BCUT2D eigenvalue weighted by molar-refractivity contribution is 6.31. The minimum Gasteiger partial charge on any atom is -0.507 e. The minimum atomic E-state index is -2.44. The first-order valence-corrected chi connectivity index (χ1v) is 19.3. The Morgan fingerprint density at radius 3 is 2.40 bits per heavy atom. The number of carbonyl (C=O) groups excluding carboxylic acids is 4. The number of nitrogens with two attached hydrogens (primary N) is 2. The molecule has 0 aromatic heterocycles. The number of nitrogens with zero attached hydrogens (tertiary/aromatic N) is 2. The lowest BCUT2D eigenvalue weighted by molar-refractivity contribution is -0.316. The van der Waals surface area contributed by atoms with Gasteiger partial charge in [0.1, 0.15) is 41.2 Å². The lowest BCUT2D eigenvalue weighted by atomic mass is 9.75. The summed E-state index contributed by atoms with van der Waals surface area (Å²) in [5.41, 5.74) is 10.0. The van der Waals surface area contributed by atoms with Crippen LogP contribution in [0, 0.1) is 12.8 Å². The fourth-order valence-electron chi connectivity index (χ4n) is 8.41. The van der Waals surface area contributed by atoms with Gasteiger partial charge in [0.2, 0.25) is 12.1 Å². The Balaban J connectivity index is 1.39. The number of hydrogen-bond donors (Lipinski definition) is 10. The number of allylic oxidation sites excluding steroid dienone is 1. The number of aromatic hydroxyl groups is 1. The number of methoxy groups -OCH3 is 1. The molecule has 7 atom stereocenters. The summed E-state index contributed by atoms with van der Waals surface area (Å²) in [7, 11) is 2.77. The Kier molecular flexibility index (Phi) is 12.7. The average Bonchev–Trinajstić information content (AvgIpc) is 3.54. The SMILES string of the molecule is CCc1c(OC)cc(OC2OC(CO)C(O)(CC(CN3C(=O)C=CC3=O)C3=CCNC(N)=C3)C(O)C2O)c2c1C(=O)c1cc(C)c(C(CCO)NC(N)=NC)c(O)c1C2=O. The molecule has 0 saturated carbocycles. The molecular weight excluding hydrogens is 784 g/mol. The average molecular weight is 835 g/mol. The van der Waals surface area contributed by atoms with E-state index in [0.717, 1.165) is 17.1 Å². The van der Waals surface area contributed by atoms with E-state index in [1.165, 1.54) is 32.4 Å². The molecule has 322 valence electrons. The topological polar surface area (TPSA) is 309 Å². The van der Waals surface area contributed by atoms with Crippen LogP contribution in [0.2, 0.25) is 0 Å². The van der Waals surface area contributed by atoms with E-state index in [-0.39, 0.29) is 83.6 Å². The van der Waals surface area contributed by atoms with Gasteiger partial charge >= 0.3 is 0 Å². The molecule has 6 rings (SSSR count). The van der Waals surface area contributed by atoms with Crippen LogP contribution in [0.1, 0.15) is 74.3 Å². The van der Waals surface area contributed by atoms with Crippen LogP contribution in [0.3, 0.4) is 0 Å². The second-order valence-electron chi connectivity index (χ2n) is 14.9. The number of rotatable bonds is 14. The number of guanidine groups is 1. The fourth-order valence-corrected chi connectivity index (χ4v) is 8.41. The normalized spacial score (nSPS) is 24.9. The molecule has 19 heteroatoms. The summed E-state index contributed by atoms with van der Waals surface area (Å²) in [6.07, 6.45) is -2.53. The van der Waals surface area contributed by atoms with Crippen molar-refractivity contribution in [2.24, 2.45) is 22.4 Å². The fraction of sp³-hybridized carbons (Fsp3) is 0.439. The van der Waals surface area contributed by atoms with Crippen molar-refractivity contribution in [2.75, 3.05) is 40.5 Å². The molecule has 2 amide bonds. The van der Waals surface area contributed by atoms with E-state index in [1.807, 2.05) is 0 Å².